The molecule has 3 aromatic carbocycles. The van der Waals surface area contributed by atoms with Gasteiger partial charge in [0, 0.05) is 0 Å². The van der Waals surface area contributed by atoms with Crippen molar-refractivity contribution in [3.05, 3.63) is 108 Å². The van der Waals surface area contributed by atoms with E-state index in [9.17, 15) is 9.59 Å². The number of carbonyl (C=O) groups is 2. The van der Waals surface area contributed by atoms with Gasteiger partial charge in [-0.15, -0.1) is 0 Å². The average Bonchev–Trinajstić information content (AvgIpc) is 2.75. The molecule has 0 unspecified atom stereocenters. The highest BCUT2D eigenvalue weighted by Crippen LogP contribution is 2.40. The maximum absolute atomic E-state index is 12.2. The van der Waals surface area contributed by atoms with Crippen LogP contribution in [0.3, 0.4) is 0 Å². The number of aliphatic carboxylic acids is 1. The molecule has 0 saturated heterocycles. The molecule has 5 heteroatoms. The lowest BCUT2D eigenvalue weighted by Gasteiger charge is -2.35. The van der Waals surface area contributed by atoms with E-state index in [1.165, 1.54) is 0 Å². The summed E-state index contributed by atoms with van der Waals surface area (Å²) < 4.78 is 6.28. The molecule has 3 rings (SSSR count). The zero-order valence-corrected chi connectivity index (χ0v) is 15.2. The summed E-state index contributed by atoms with van der Waals surface area (Å²) in [7, 11) is 0. The zero-order chi connectivity index (χ0) is 19.8. The van der Waals surface area contributed by atoms with Crippen molar-refractivity contribution in [2.45, 2.75) is 5.60 Å². The molecule has 3 aromatic rings. The molecule has 0 bridgehead atoms. The van der Waals surface area contributed by atoms with Crippen LogP contribution in [0.1, 0.15) is 16.7 Å². The minimum atomic E-state index is -1.10. The third kappa shape index (κ3) is 4.27. The first-order valence-corrected chi connectivity index (χ1v) is 8.92. The monoisotopic (exact) mass is 375 g/mol. The molecule has 1 amide bonds. The average molecular weight is 375 g/mol. The number of carbonyl (C=O) groups excluding carboxylic acids is 1. The summed E-state index contributed by atoms with van der Waals surface area (Å²) >= 11 is 0. The fourth-order valence-corrected chi connectivity index (χ4v) is 3.17. The third-order valence-electron chi connectivity index (χ3n) is 4.40. The van der Waals surface area contributed by atoms with Crippen LogP contribution in [0.2, 0.25) is 0 Å². The Morgan fingerprint density at radius 2 is 1.14 bits per heavy atom. The van der Waals surface area contributed by atoms with Crippen molar-refractivity contribution >= 4 is 11.9 Å². The van der Waals surface area contributed by atoms with Crippen LogP contribution in [0.4, 0.5) is 0 Å². The Morgan fingerprint density at radius 3 is 1.50 bits per heavy atom. The SMILES string of the molecule is O=C(O)CNC(=O)COC(c1ccccc1)(c1ccccc1)c1ccccc1. The van der Waals surface area contributed by atoms with Gasteiger partial charge in [0.15, 0.2) is 0 Å². The molecule has 0 aliphatic carbocycles. The normalized spacial score (nSPS) is 11.0. The number of carboxylic acid groups (broad SMARTS) is 1. The second-order valence-corrected chi connectivity index (χ2v) is 6.24. The van der Waals surface area contributed by atoms with Gasteiger partial charge in [0.1, 0.15) is 18.8 Å². The van der Waals surface area contributed by atoms with Gasteiger partial charge in [0.25, 0.3) is 0 Å². The Bertz CT molecular complexity index is 814. The van der Waals surface area contributed by atoms with Crippen molar-refractivity contribution in [1.82, 2.24) is 5.32 Å². The molecule has 0 spiro atoms. The first-order chi connectivity index (χ1) is 13.6. The Balaban J connectivity index is 2.06. The minimum absolute atomic E-state index is 0.286. The van der Waals surface area contributed by atoms with E-state index in [-0.39, 0.29) is 6.61 Å². The molecule has 0 saturated carbocycles. The van der Waals surface area contributed by atoms with Gasteiger partial charge in [-0.1, -0.05) is 91.0 Å². The van der Waals surface area contributed by atoms with Crippen LogP contribution in [0.5, 0.6) is 0 Å². The second kappa shape index (κ2) is 8.97. The van der Waals surface area contributed by atoms with Crippen LogP contribution in [0.15, 0.2) is 91.0 Å². The number of nitrogens with one attached hydrogen (secondary N) is 1. The third-order valence-corrected chi connectivity index (χ3v) is 4.40. The fraction of sp³-hybridized carbons (Fsp3) is 0.130. The van der Waals surface area contributed by atoms with E-state index in [0.717, 1.165) is 16.7 Å². The fourth-order valence-electron chi connectivity index (χ4n) is 3.17. The van der Waals surface area contributed by atoms with E-state index in [1.807, 2.05) is 91.0 Å². The van der Waals surface area contributed by atoms with Gasteiger partial charge in [-0.3, -0.25) is 9.59 Å². The van der Waals surface area contributed by atoms with Crippen LogP contribution in [0, 0.1) is 0 Å². The molecule has 28 heavy (non-hydrogen) atoms. The van der Waals surface area contributed by atoms with Gasteiger partial charge >= 0.3 is 5.97 Å². The Labute approximate surface area is 163 Å². The molecule has 5 nitrogen and oxygen atoms in total. The first-order valence-electron chi connectivity index (χ1n) is 8.92. The maximum atomic E-state index is 12.2. The van der Waals surface area contributed by atoms with Gasteiger partial charge in [0.05, 0.1) is 0 Å². The molecule has 0 aliphatic heterocycles. The Morgan fingerprint density at radius 1 is 0.750 bits per heavy atom. The Kier molecular flexibility index (Phi) is 6.19. The molecule has 0 radical (unpaired) electrons. The van der Waals surface area contributed by atoms with E-state index in [1.54, 1.807) is 0 Å². The quantitative estimate of drug-likeness (QED) is 0.593. The molecule has 0 fully saturated rings. The summed E-state index contributed by atoms with van der Waals surface area (Å²) in [6.45, 7) is -0.733. The van der Waals surface area contributed by atoms with Crippen molar-refractivity contribution in [3.8, 4) is 0 Å². The molecule has 0 atom stereocenters. The number of hydrogen-bond acceptors (Lipinski definition) is 3. The van der Waals surface area contributed by atoms with Crippen molar-refractivity contribution < 1.29 is 19.4 Å². The lowest BCUT2D eigenvalue weighted by molar-refractivity contribution is -0.139. The number of rotatable bonds is 8. The van der Waals surface area contributed by atoms with Gasteiger partial charge < -0.3 is 15.2 Å². The van der Waals surface area contributed by atoms with Gasteiger partial charge in [-0.05, 0) is 16.7 Å². The smallest absolute Gasteiger partial charge is 0.322 e. The van der Waals surface area contributed by atoms with Gasteiger partial charge in [-0.2, -0.15) is 0 Å². The van der Waals surface area contributed by atoms with Crippen LogP contribution in [0.25, 0.3) is 0 Å². The molecule has 0 heterocycles. The van der Waals surface area contributed by atoms with E-state index in [2.05, 4.69) is 5.32 Å². The van der Waals surface area contributed by atoms with Crippen molar-refractivity contribution in [2.75, 3.05) is 13.2 Å². The number of amides is 1. The highest BCUT2D eigenvalue weighted by atomic mass is 16.5. The highest BCUT2D eigenvalue weighted by Gasteiger charge is 2.38. The first kappa shape index (κ1) is 19.3. The predicted molar refractivity (Wildman–Crippen MR) is 106 cm³/mol. The van der Waals surface area contributed by atoms with Crippen molar-refractivity contribution in [1.29, 1.82) is 0 Å². The van der Waals surface area contributed by atoms with Gasteiger partial charge in [0.2, 0.25) is 5.91 Å². The van der Waals surface area contributed by atoms with E-state index < -0.39 is 24.0 Å². The zero-order valence-electron chi connectivity index (χ0n) is 15.2. The maximum Gasteiger partial charge on any atom is 0.322 e. The van der Waals surface area contributed by atoms with E-state index >= 15 is 0 Å². The summed E-state index contributed by atoms with van der Waals surface area (Å²) in [5.74, 6) is -1.59. The lowest BCUT2D eigenvalue weighted by Crippen LogP contribution is -2.39. The largest absolute Gasteiger partial charge is 0.480 e. The number of carboxylic acids is 1. The summed E-state index contributed by atoms with van der Waals surface area (Å²) in [4.78, 5) is 22.9. The topological polar surface area (TPSA) is 75.6 Å². The molecular formula is C23H21NO4. The number of hydrogen-bond donors (Lipinski definition) is 2. The summed E-state index contributed by atoms with van der Waals surface area (Å²) in [5, 5.41) is 11.1. The summed E-state index contributed by atoms with van der Waals surface area (Å²) in [6.07, 6.45) is 0. The lowest BCUT2D eigenvalue weighted by atomic mass is 9.80. The highest BCUT2D eigenvalue weighted by molar-refractivity contribution is 5.82. The number of ether oxygens (including phenoxy) is 1. The van der Waals surface area contributed by atoms with Crippen molar-refractivity contribution in [3.63, 3.8) is 0 Å². The number of benzene rings is 3. The van der Waals surface area contributed by atoms with Gasteiger partial charge in [-0.25, -0.2) is 0 Å². The predicted octanol–water partition coefficient (Wildman–Crippen LogP) is 3.20. The van der Waals surface area contributed by atoms with Crippen LogP contribution >= 0.6 is 0 Å². The van der Waals surface area contributed by atoms with Crippen LogP contribution in [-0.4, -0.2) is 30.1 Å². The van der Waals surface area contributed by atoms with E-state index in [0.29, 0.717) is 0 Å². The van der Waals surface area contributed by atoms with Crippen LogP contribution in [-0.2, 0) is 19.9 Å². The molecule has 0 aromatic heterocycles. The Hall–Kier alpha value is -3.44. The molecule has 142 valence electrons. The molecular weight excluding hydrogens is 354 g/mol. The standard InChI is InChI=1S/C23H21NO4/c25-21(24-16-22(26)27)17-28-23(18-10-4-1-5-11-18,19-12-6-2-7-13-19)20-14-8-3-9-15-20/h1-15H,16-17H2,(H,24,25)(H,26,27). The molecule has 2 N–H and O–H groups in total. The van der Waals surface area contributed by atoms with E-state index in [4.69, 9.17) is 9.84 Å². The second-order valence-electron chi connectivity index (χ2n) is 6.24. The minimum Gasteiger partial charge on any atom is -0.480 e. The summed E-state index contributed by atoms with van der Waals surface area (Å²) in [6, 6.07) is 29.0. The summed E-state index contributed by atoms with van der Waals surface area (Å²) in [5.41, 5.74) is 1.61. The van der Waals surface area contributed by atoms with Crippen LogP contribution < -0.4 is 5.32 Å². The van der Waals surface area contributed by atoms with Crippen molar-refractivity contribution in [2.24, 2.45) is 0 Å². The molecule has 0 aliphatic rings.